The summed E-state index contributed by atoms with van der Waals surface area (Å²) in [5.41, 5.74) is 2.62. The van der Waals surface area contributed by atoms with Crippen molar-refractivity contribution in [2.24, 2.45) is 5.29 Å². The van der Waals surface area contributed by atoms with Crippen molar-refractivity contribution in [3.8, 4) is 11.1 Å². The Balaban J connectivity index is 2.09. The van der Waals surface area contributed by atoms with Crippen LogP contribution in [0.3, 0.4) is 0 Å². The minimum Gasteiger partial charge on any atom is -0.373 e. The molecule has 0 aliphatic carbocycles. The highest BCUT2D eigenvalue weighted by molar-refractivity contribution is 6.33. The van der Waals surface area contributed by atoms with Gasteiger partial charge in [0.05, 0.1) is 42.0 Å². The Labute approximate surface area is 120 Å². The van der Waals surface area contributed by atoms with Gasteiger partial charge in [-0.3, -0.25) is 4.68 Å². The van der Waals surface area contributed by atoms with E-state index in [1.54, 1.807) is 12.3 Å². The standard InChI is InChI=1S/C12H12ClN5O2/c1-17(16-19)12-4-8(10(13)6-14-12)9-5-15-18-2-3-20-7-11(9)18/h4-6H,2-3,7H2,1H3. The normalized spacial score (nSPS) is 13.9. The first-order valence-electron chi connectivity index (χ1n) is 6.06. The average molecular weight is 294 g/mol. The van der Waals surface area contributed by atoms with Crippen molar-refractivity contribution in [3.63, 3.8) is 0 Å². The molecule has 0 N–H and O–H groups in total. The second kappa shape index (κ2) is 5.18. The fraction of sp³-hybridized carbons (Fsp3) is 0.333. The van der Waals surface area contributed by atoms with Gasteiger partial charge in [0.1, 0.15) is 0 Å². The quantitative estimate of drug-likeness (QED) is 0.641. The van der Waals surface area contributed by atoms with Crippen molar-refractivity contribution in [2.45, 2.75) is 13.2 Å². The average Bonchev–Trinajstić information content (AvgIpc) is 2.91. The van der Waals surface area contributed by atoms with Gasteiger partial charge in [0, 0.05) is 24.4 Å². The van der Waals surface area contributed by atoms with E-state index in [0.29, 0.717) is 24.1 Å². The molecule has 104 valence electrons. The second-order valence-corrected chi connectivity index (χ2v) is 4.82. The molecule has 3 heterocycles. The first kappa shape index (κ1) is 13.0. The number of nitroso groups, excluding NO2 is 1. The summed E-state index contributed by atoms with van der Waals surface area (Å²) >= 11 is 6.21. The van der Waals surface area contributed by atoms with Crippen LogP contribution < -0.4 is 5.01 Å². The van der Waals surface area contributed by atoms with Gasteiger partial charge in [-0.15, -0.1) is 4.91 Å². The molecule has 0 fully saturated rings. The number of pyridine rings is 1. The predicted molar refractivity (Wildman–Crippen MR) is 74.3 cm³/mol. The van der Waals surface area contributed by atoms with Gasteiger partial charge < -0.3 is 4.74 Å². The molecule has 0 saturated carbocycles. The van der Waals surface area contributed by atoms with Crippen molar-refractivity contribution in [1.29, 1.82) is 0 Å². The van der Waals surface area contributed by atoms with Crippen molar-refractivity contribution in [2.75, 3.05) is 18.7 Å². The smallest absolute Gasteiger partial charge is 0.152 e. The van der Waals surface area contributed by atoms with Gasteiger partial charge in [-0.05, 0) is 6.07 Å². The van der Waals surface area contributed by atoms with Crippen LogP contribution in [0.1, 0.15) is 5.69 Å². The highest BCUT2D eigenvalue weighted by atomic mass is 35.5. The number of anilines is 1. The fourth-order valence-corrected chi connectivity index (χ4v) is 2.36. The van der Waals surface area contributed by atoms with Gasteiger partial charge in [0.2, 0.25) is 0 Å². The summed E-state index contributed by atoms with van der Waals surface area (Å²) in [6.07, 6.45) is 3.25. The minimum atomic E-state index is 0.427. The van der Waals surface area contributed by atoms with Gasteiger partial charge in [0.15, 0.2) is 5.82 Å². The molecule has 0 saturated heterocycles. The Morgan fingerprint density at radius 2 is 2.30 bits per heavy atom. The van der Waals surface area contributed by atoms with Gasteiger partial charge in [-0.2, -0.15) is 5.10 Å². The first-order valence-corrected chi connectivity index (χ1v) is 6.44. The maximum absolute atomic E-state index is 10.6. The number of hydrogen-bond donors (Lipinski definition) is 0. The van der Waals surface area contributed by atoms with E-state index in [2.05, 4.69) is 15.4 Å². The van der Waals surface area contributed by atoms with Gasteiger partial charge in [-0.1, -0.05) is 11.6 Å². The van der Waals surface area contributed by atoms with E-state index < -0.39 is 0 Å². The number of hydrogen-bond acceptors (Lipinski definition) is 5. The topological polar surface area (TPSA) is 72.6 Å². The van der Waals surface area contributed by atoms with E-state index in [1.165, 1.54) is 13.2 Å². The molecule has 0 aromatic carbocycles. The number of rotatable bonds is 3. The van der Waals surface area contributed by atoms with E-state index in [1.807, 2.05) is 4.68 Å². The lowest BCUT2D eigenvalue weighted by Crippen LogP contribution is -2.17. The van der Waals surface area contributed by atoms with E-state index >= 15 is 0 Å². The summed E-state index contributed by atoms with van der Waals surface area (Å²) in [7, 11) is 1.53. The number of ether oxygens (including phenoxy) is 1. The molecule has 0 atom stereocenters. The lowest BCUT2D eigenvalue weighted by Gasteiger charge is -2.16. The first-order chi connectivity index (χ1) is 9.70. The number of halogens is 1. The molecule has 0 amide bonds. The molecule has 8 heteroatoms. The molecular formula is C12H12ClN5O2. The lowest BCUT2D eigenvalue weighted by atomic mass is 10.1. The molecule has 2 aromatic heterocycles. The zero-order valence-electron chi connectivity index (χ0n) is 10.8. The lowest BCUT2D eigenvalue weighted by molar-refractivity contribution is 0.0804. The molecule has 7 nitrogen and oxygen atoms in total. The summed E-state index contributed by atoms with van der Waals surface area (Å²) in [6.45, 7) is 1.87. The highest BCUT2D eigenvalue weighted by Gasteiger charge is 2.19. The van der Waals surface area contributed by atoms with Crippen molar-refractivity contribution in [3.05, 3.63) is 34.1 Å². The Morgan fingerprint density at radius 1 is 1.45 bits per heavy atom. The largest absolute Gasteiger partial charge is 0.373 e. The van der Waals surface area contributed by atoms with E-state index in [4.69, 9.17) is 16.3 Å². The molecule has 0 unspecified atom stereocenters. The molecule has 0 spiro atoms. The Kier molecular flexibility index (Phi) is 3.37. The predicted octanol–water partition coefficient (Wildman–Crippen LogP) is 2.25. The van der Waals surface area contributed by atoms with Crippen LogP contribution in [0.5, 0.6) is 0 Å². The van der Waals surface area contributed by atoms with Crippen LogP contribution in [-0.4, -0.2) is 28.4 Å². The second-order valence-electron chi connectivity index (χ2n) is 4.41. The number of nitrogens with zero attached hydrogens (tertiary/aromatic N) is 5. The number of aromatic nitrogens is 3. The summed E-state index contributed by atoms with van der Waals surface area (Å²) in [4.78, 5) is 14.7. The SMILES string of the molecule is CN(N=O)c1cc(-c2cnn3c2COCC3)c(Cl)cn1. The van der Waals surface area contributed by atoms with Crippen LogP contribution in [0.25, 0.3) is 11.1 Å². The van der Waals surface area contributed by atoms with Crippen molar-refractivity contribution < 1.29 is 4.74 Å². The van der Waals surface area contributed by atoms with Gasteiger partial charge >= 0.3 is 0 Å². The Morgan fingerprint density at radius 3 is 3.10 bits per heavy atom. The highest BCUT2D eigenvalue weighted by Crippen LogP contribution is 2.33. The molecule has 1 aliphatic heterocycles. The molecule has 2 aromatic rings. The zero-order valence-corrected chi connectivity index (χ0v) is 11.5. The van der Waals surface area contributed by atoms with Crippen LogP contribution in [0.15, 0.2) is 23.7 Å². The third-order valence-electron chi connectivity index (χ3n) is 3.22. The van der Waals surface area contributed by atoms with Crippen molar-refractivity contribution in [1.82, 2.24) is 14.8 Å². The summed E-state index contributed by atoms with van der Waals surface area (Å²) in [5.74, 6) is 0.427. The van der Waals surface area contributed by atoms with Crippen LogP contribution in [0, 0.1) is 4.91 Å². The van der Waals surface area contributed by atoms with E-state index in [9.17, 15) is 4.91 Å². The monoisotopic (exact) mass is 293 g/mol. The molecule has 20 heavy (non-hydrogen) atoms. The summed E-state index contributed by atoms with van der Waals surface area (Å²) in [5, 5.41) is 8.80. The molecule has 1 aliphatic rings. The fourth-order valence-electron chi connectivity index (χ4n) is 2.15. The Hall–Kier alpha value is -1.99. The summed E-state index contributed by atoms with van der Waals surface area (Å²) < 4.78 is 7.36. The maximum atomic E-state index is 10.6. The zero-order chi connectivity index (χ0) is 14.1. The maximum Gasteiger partial charge on any atom is 0.152 e. The molecule has 0 radical (unpaired) electrons. The number of fused-ring (bicyclic) bond motifs is 1. The van der Waals surface area contributed by atoms with Crippen molar-refractivity contribution >= 4 is 17.4 Å². The third-order valence-corrected chi connectivity index (χ3v) is 3.52. The minimum absolute atomic E-state index is 0.427. The van der Waals surface area contributed by atoms with E-state index in [0.717, 1.165) is 28.4 Å². The molecule has 0 bridgehead atoms. The van der Waals surface area contributed by atoms with Crippen LogP contribution >= 0.6 is 11.6 Å². The third kappa shape index (κ3) is 2.14. The Bertz CT molecular complexity index is 657. The van der Waals surface area contributed by atoms with Gasteiger partial charge in [0.25, 0.3) is 0 Å². The van der Waals surface area contributed by atoms with Crippen LogP contribution in [0.4, 0.5) is 5.82 Å². The van der Waals surface area contributed by atoms with Crippen LogP contribution in [-0.2, 0) is 17.9 Å². The van der Waals surface area contributed by atoms with Gasteiger partial charge in [-0.25, -0.2) is 9.99 Å². The molecular weight excluding hydrogens is 282 g/mol. The molecule has 3 rings (SSSR count). The van der Waals surface area contributed by atoms with E-state index in [-0.39, 0.29) is 0 Å². The van der Waals surface area contributed by atoms with Crippen LogP contribution in [0.2, 0.25) is 5.02 Å². The summed E-state index contributed by atoms with van der Waals surface area (Å²) in [6, 6.07) is 1.72.